The Labute approximate surface area is 103 Å². The van der Waals surface area contributed by atoms with Crippen LogP contribution in [0.5, 0.6) is 5.75 Å². The highest BCUT2D eigenvalue weighted by Gasteiger charge is 2.12. The van der Waals surface area contributed by atoms with Crippen molar-refractivity contribution < 1.29 is 14.3 Å². The molecule has 0 aliphatic rings. The van der Waals surface area contributed by atoms with Crippen LogP contribution in [0.3, 0.4) is 0 Å². The molecule has 0 bridgehead atoms. The van der Waals surface area contributed by atoms with Gasteiger partial charge in [-0.2, -0.15) is 0 Å². The largest absolute Gasteiger partial charge is 0.497 e. The van der Waals surface area contributed by atoms with Gasteiger partial charge in [0, 0.05) is 11.4 Å². The number of esters is 1. The summed E-state index contributed by atoms with van der Waals surface area (Å²) in [6, 6.07) is 7.53. The van der Waals surface area contributed by atoms with Crippen LogP contribution in [0.15, 0.2) is 24.3 Å². The molecule has 0 heterocycles. The van der Waals surface area contributed by atoms with E-state index in [9.17, 15) is 4.79 Å². The highest BCUT2D eigenvalue weighted by atomic mass is 127. The first-order chi connectivity index (χ1) is 7.17. The third kappa shape index (κ3) is 3.70. The summed E-state index contributed by atoms with van der Waals surface area (Å²) in [5, 5.41) is 0. The molecule has 0 unspecified atom stereocenters. The maximum absolute atomic E-state index is 10.9. The number of carbonyl (C=O) groups is 1. The molecule has 1 rings (SSSR count). The predicted molar refractivity (Wildman–Crippen MR) is 66.4 cm³/mol. The lowest BCUT2D eigenvalue weighted by molar-refractivity contribution is -0.145. The van der Waals surface area contributed by atoms with E-state index in [1.165, 1.54) is 6.92 Å². The molecule has 0 aromatic heterocycles. The van der Waals surface area contributed by atoms with Gasteiger partial charge in [-0.3, -0.25) is 4.79 Å². The predicted octanol–water partition coefficient (Wildman–Crippen LogP) is 2.73. The number of benzene rings is 1. The first kappa shape index (κ1) is 12.3. The Bertz CT molecular complexity index is 321. The van der Waals surface area contributed by atoms with Gasteiger partial charge in [-0.1, -0.05) is 34.7 Å². The quantitative estimate of drug-likeness (QED) is 0.486. The van der Waals surface area contributed by atoms with Crippen molar-refractivity contribution >= 4 is 28.6 Å². The van der Waals surface area contributed by atoms with Gasteiger partial charge in [0.15, 0.2) is 0 Å². The van der Waals surface area contributed by atoms with Crippen LogP contribution in [0.4, 0.5) is 0 Å². The summed E-state index contributed by atoms with van der Waals surface area (Å²) in [5.74, 6) is 0.543. The van der Waals surface area contributed by atoms with E-state index >= 15 is 0 Å². The van der Waals surface area contributed by atoms with Gasteiger partial charge < -0.3 is 9.47 Å². The van der Waals surface area contributed by atoms with E-state index in [2.05, 4.69) is 22.6 Å². The Morgan fingerprint density at radius 1 is 1.40 bits per heavy atom. The van der Waals surface area contributed by atoms with E-state index in [4.69, 9.17) is 9.47 Å². The van der Waals surface area contributed by atoms with E-state index < -0.39 is 0 Å². The first-order valence-electron chi connectivity index (χ1n) is 4.54. The van der Waals surface area contributed by atoms with Crippen LogP contribution in [0, 0.1) is 0 Å². The number of halogens is 1. The van der Waals surface area contributed by atoms with Crippen molar-refractivity contribution in [3.63, 3.8) is 0 Å². The molecule has 1 atom stereocenters. The molecule has 3 nitrogen and oxygen atoms in total. The van der Waals surface area contributed by atoms with Crippen molar-refractivity contribution in [2.45, 2.75) is 13.0 Å². The Kier molecular flexibility index (Phi) is 4.87. The second-order valence-corrected chi connectivity index (χ2v) is 3.91. The maximum atomic E-state index is 10.9. The molecule has 82 valence electrons. The molecular weight excluding hydrogens is 307 g/mol. The number of ether oxygens (including phenoxy) is 2. The summed E-state index contributed by atoms with van der Waals surface area (Å²) < 4.78 is 11.0. The molecule has 0 aliphatic carbocycles. The topological polar surface area (TPSA) is 35.5 Å². The van der Waals surface area contributed by atoms with E-state index in [1.54, 1.807) is 7.11 Å². The smallest absolute Gasteiger partial charge is 0.303 e. The third-order valence-electron chi connectivity index (χ3n) is 1.94. The molecule has 4 heteroatoms. The lowest BCUT2D eigenvalue weighted by atomic mass is 10.1. The highest BCUT2D eigenvalue weighted by molar-refractivity contribution is 14.1. The molecule has 0 aliphatic heterocycles. The lowest BCUT2D eigenvalue weighted by Crippen LogP contribution is -2.09. The zero-order chi connectivity index (χ0) is 11.3. The molecule has 0 radical (unpaired) electrons. The summed E-state index contributed by atoms with van der Waals surface area (Å²) in [6.45, 7) is 1.42. The van der Waals surface area contributed by atoms with Gasteiger partial charge in [-0.15, -0.1) is 0 Å². The highest BCUT2D eigenvalue weighted by Crippen LogP contribution is 2.22. The first-order valence-corrected chi connectivity index (χ1v) is 6.07. The van der Waals surface area contributed by atoms with Crippen molar-refractivity contribution in [1.29, 1.82) is 0 Å². The van der Waals surface area contributed by atoms with Crippen LogP contribution in [0.2, 0.25) is 0 Å². The normalized spacial score (nSPS) is 11.9. The van der Waals surface area contributed by atoms with Gasteiger partial charge in [0.2, 0.25) is 0 Å². The summed E-state index contributed by atoms with van der Waals surface area (Å²) in [4.78, 5) is 10.9. The summed E-state index contributed by atoms with van der Waals surface area (Å²) in [6.07, 6.45) is -0.172. The Morgan fingerprint density at radius 2 is 2.00 bits per heavy atom. The molecule has 0 saturated carbocycles. The monoisotopic (exact) mass is 320 g/mol. The average molecular weight is 320 g/mol. The van der Waals surface area contributed by atoms with E-state index in [-0.39, 0.29) is 12.1 Å². The zero-order valence-corrected chi connectivity index (χ0v) is 10.9. The van der Waals surface area contributed by atoms with Crippen LogP contribution in [0.1, 0.15) is 18.6 Å². The standard InChI is InChI=1S/C11H13IO3/c1-8(13)15-11(7-12)9-3-5-10(14-2)6-4-9/h3-6,11H,7H2,1-2H3/t11-/m1/s1. The molecule has 0 N–H and O–H groups in total. The Morgan fingerprint density at radius 3 is 2.40 bits per heavy atom. The van der Waals surface area contributed by atoms with Crippen LogP contribution < -0.4 is 4.74 Å². The van der Waals surface area contributed by atoms with Crippen molar-refractivity contribution in [3.05, 3.63) is 29.8 Å². The lowest BCUT2D eigenvalue weighted by Gasteiger charge is -2.14. The second-order valence-electron chi connectivity index (χ2n) is 3.03. The van der Waals surface area contributed by atoms with Gasteiger partial charge in [-0.25, -0.2) is 0 Å². The number of methoxy groups -OCH3 is 1. The fourth-order valence-corrected chi connectivity index (χ4v) is 1.90. The summed E-state index contributed by atoms with van der Waals surface area (Å²) in [5.41, 5.74) is 0.986. The third-order valence-corrected chi connectivity index (χ3v) is 2.74. The zero-order valence-electron chi connectivity index (χ0n) is 8.70. The number of hydrogen-bond donors (Lipinski definition) is 0. The van der Waals surface area contributed by atoms with Gasteiger partial charge >= 0.3 is 5.97 Å². The van der Waals surface area contributed by atoms with Crippen molar-refractivity contribution in [2.24, 2.45) is 0 Å². The summed E-state index contributed by atoms with van der Waals surface area (Å²) in [7, 11) is 1.62. The fourth-order valence-electron chi connectivity index (χ4n) is 1.21. The average Bonchev–Trinajstić information content (AvgIpc) is 2.26. The minimum Gasteiger partial charge on any atom is -0.497 e. The minimum atomic E-state index is -0.257. The number of rotatable bonds is 4. The van der Waals surface area contributed by atoms with Gasteiger partial charge in [-0.05, 0) is 17.7 Å². The van der Waals surface area contributed by atoms with Crippen LogP contribution >= 0.6 is 22.6 Å². The molecule has 0 spiro atoms. The number of hydrogen-bond acceptors (Lipinski definition) is 3. The van der Waals surface area contributed by atoms with Gasteiger partial charge in [0.25, 0.3) is 0 Å². The van der Waals surface area contributed by atoms with Crippen molar-refractivity contribution in [2.75, 3.05) is 11.5 Å². The summed E-state index contributed by atoms with van der Waals surface area (Å²) >= 11 is 2.20. The molecule has 1 aromatic carbocycles. The number of carbonyl (C=O) groups excluding carboxylic acids is 1. The van der Waals surface area contributed by atoms with Crippen LogP contribution in [-0.2, 0) is 9.53 Å². The van der Waals surface area contributed by atoms with Crippen LogP contribution in [0.25, 0.3) is 0 Å². The second kappa shape index (κ2) is 5.95. The molecule has 0 fully saturated rings. The molecule has 15 heavy (non-hydrogen) atoms. The molecule has 1 aromatic rings. The Hall–Kier alpha value is -0.780. The van der Waals surface area contributed by atoms with Gasteiger partial charge in [0.05, 0.1) is 7.11 Å². The molecular formula is C11H13IO3. The van der Waals surface area contributed by atoms with E-state index in [1.807, 2.05) is 24.3 Å². The molecule has 0 amide bonds. The number of alkyl halides is 1. The SMILES string of the molecule is COc1ccc([C@@H](CI)OC(C)=O)cc1. The van der Waals surface area contributed by atoms with Crippen LogP contribution in [-0.4, -0.2) is 17.5 Å². The van der Waals surface area contributed by atoms with Crippen molar-refractivity contribution in [3.8, 4) is 5.75 Å². The van der Waals surface area contributed by atoms with Gasteiger partial charge in [0.1, 0.15) is 11.9 Å². The van der Waals surface area contributed by atoms with E-state index in [0.29, 0.717) is 0 Å². The minimum absolute atomic E-state index is 0.172. The molecule has 0 saturated heterocycles. The van der Waals surface area contributed by atoms with Crippen molar-refractivity contribution in [1.82, 2.24) is 0 Å². The van der Waals surface area contributed by atoms with E-state index in [0.717, 1.165) is 15.7 Å². The fraction of sp³-hybridized carbons (Fsp3) is 0.364. The maximum Gasteiger partial charge on any atom is 0.303 e. The Balaban J connectivity index is 2.78.